The molecule has 0 heterocycles. The molecule has 1 rings (SSSR count). The first kappa shape index (κ1) is 14.7. The first-order valence-corrected chi connectivity index (χ1v) is 6.30. The number of ether oxygens (including phenoxy) is 1. The Balaban J connectivity index is 2.82. The number of rotatable bonds is 7. The predicted molar refractivity (Wildman–Crippen MR) is 74.0 cm³/mol. The van der Waals surface area contributed by atoms with Crippen LogP contribution in [0.1, 0.15) is 15.9 Å². The maximum Gasteiger partial charge on any atom is 0.254 e. The number of hydrogen-bond donors (Lipinski definition) is 0. The van der Waals surface area contributed by atoms with Gasteiger partial charge in [-0.3, -0.25) is 4.79 Å². The van der Waals surface area contributed by atoms with Gasteiger partial charge < -0.3 is 9.64 Å². The molecule has 0 bridgehead atoms. The van der Waals surface area contributed by atoms with Gasteiger partial charge in [0.2, 0.25) is 0 Å². The minimum Gasteiger partial charge on any atom is -0.383 e. The number of carbonyl (C=O) groups excluding carboxylic acids is 1. The van der Waals surface area contributed by atoms with E-state index in [1.165, 1.54) is 0 Å². The quantitative estimate of drug-likeness (QED) is 0.562. The predicted octanol–water partition coefficient (Wildman–Crippen LogP) is 2.70. The highest BCUT2D eigenvalue weighted by molar-refractivity contribution is 6.17. The normalized spacial score (nSPS) is 10.1. The zero-order valence-electron chi connectivity index (χ0n) is 10.6. The highest BCUT2D eigenvalue weighted by Crippen LogP contribution is 2.10. The summed E-state index contributed by atoms with van der Waals surface area (Å²) >= 11 is 5.77. The fourth-order valence-electron chi connectivity index (χ4n) is 1.60. The van der Waals surface area contributed by atoms with Gasteiger partial charge in [-0.25, -0.2) is 0 Å². The van der Waals surface area contributed by atoms with Crippen molar-refractivity contribution in [1.82, 2.24) is 4.90 Å². The molecular weight excluding hydrogens is 250 g/mol. The summed E-state index contributed by atoms with van der Waals surface area (Å²) in [5.74, 6) is 0.375. The standard InChI is InChI=1S/C14H18ClNO2/c1-3-7-16(8-9-18-2)14(17)13-6-4-5-12(10-13)11-15/h3-6,10H,1,7-9,11H2,2H3. The van der Waals surface area contributed by atoms with Gasteiger partial charge in [-0.1, -0.05) is 18.2 Å². The minimum absolute atomic E-state index is 0.0288. The van der Waals surface area contributed by atoms with Gasteiger partial charge in [-0.2, -0.15) is 0 Å². The van der Waals surface area contributed by atoms with Gasteiger partial charge in [0.1, 0.15) is 0 Å². The highest BCUT2D eigenvalue weighted by atomic mass is 35.5. The van der Waals surface area contributed by atoms with Gasteiger partial charge in [0.15, 0.2) is 0 Å². The molecule has 4 heteroatoms. The lowest BCUT2D eigenvalue weighted by Gasteiger charge is -2.21. The number of alkyl halides is 1. The molecule has 0 aliphatic rings. The summed E-state index contributed by atoms with van der Waals surface area (Å²) in [6.07, 6.45) is 1.71. The molecule has 0 radical (unpaired) electrons. The van der Waals surface area contributed by atoms with Crippen LogP contribution in [-0.2, 0) is 10.6 Å². The molecule has 1 aromatic rings. The summed E-state index contributed by atoms with van der Waals surface area (Å²) in [5.41, 5.74) is 1.58. The van der Waals surface area contributed by atoms with Crippen LogP contribution in [0.4, 0.5) is 0 Å². The van der Waals surface area contributed by atoms with E-state index in [9.17, 15) is 4.79 Å². The lowest BCUT2D eigenvalue weighted by atomic mass is 10.1. The summed E-state index contributed by atoms with van der Waals surface area (Å²) in [7, 11) is 1.62. The Bertz CT molecular complexity index is 407. The molecule has 0 aliphatic heterocycles. The van der Waals surface area contributed by atoms with E-state index in [2.05, 4.69) is 6.58 Å². The van der Waals surface area contributed by atoms with E-state index in [4.69, 9.17) is 16.3 Å². The van der Waals surface area contributed by atoms with E-state index >= 15 is 0 Å². The van der Waals surface area contributed by atoms with E-state index in [1.54, 1.807) is 24.2 Å². The number of nitrogens with zero attached hydrogens (tertiary/aromatic N) is 1. The maximum atomic E-state index is 12.3. The molecule has 0 aromatic heterocycles. The Hall–Kier alpha value is -1.32. The van der Waals surface area contributed by atoms with Gasteiger partial charge in [0, 0.05) is 31.6 Å². The lowest BCUT2D eigenvalue weighted by Crippen LogP contribution is -2.34. The van der Waals surface area contributed by atoms with Gasteiger partial charge in [0.25, 0.3) is 5.91 Å². The van der Waals surface area contributed by atoms with Crippen molar-refractivity contribution in [2.24, 2.45) is 0 Å². The van der Waals surface area contributed by atoms with Crippen LogP contribution >= 0.6 is 11.6 Å². The van der Waals surface area contributed by atoms with Crippen LogP contribution < -0.4 is 0 Å². The molecule has 1 amide bonds. The fourth-order valence-corrected chi connectivity index (χ4v) is 1.77. The number of methoxy groups -OCH3 is 1. The number of amides is 1. The zero-order chi connectivity index (χ0) is 13.4. The van der Waals surface area contributed by atoms with Crippen LogP contribution in [0.5, 0.6) is 0 Å². The van der Waals surface area contributed by atoms with Crippen molar-refractivity contribution in [1.29, 1.82) is 0 Å². The molecule has 0 unspecified atom stereocenters. The third-order valence-electron chi connectivity index (χ3n) is 2.53. The van der Waals surface area contributed by atoms with E-state index < -0.39 is 0 Å². The summed E-state index contributed by atoms with van der Waals surface area (Å²) in [6, 6.07) is 7.35. The molecule has 3 nitrogen and oxygen atoms in total. The van der Waals surface area contributed by atoms with Gasteiger partial charge in [0.05, 0.1) is 6.61 Å². The molecule has 1 aromatic carbocycles. The summed E-state index contributed by atoms with van der Waals surface area (Å²) in [4.78, 5) is 14.0. The van der Waals surface area contributed by atoms with Crippen LogP contribution in [-0.4, -0.2) is 37.6 Å². The second-order valence-electron chi connectivity index (χ2n) is 3.87. The van der Waals surface area contributed by atoms with Gasteiger partial charge >= 0.3 is 0 Å². The second kappa shape index (κ2) is 7.90. The second-order valence-corrected chi connectivity index (χ2v) is 4.13. The third-order valence-corrected chi connectivity index (χ3v) is 2.84. The summed E-state index contributed by atoms with van der Waals surface area (Å²) < 4.78 is 5.00. The molecule has 0 fully saturated rings. The topological polar surface area (TPSA) is 29.5 Å². The molecule has 0 saturated carbocycles. The van der Waals surface area contributed by atoms with Crippen molar-refractivity contribution >= 4 is 17.5 Å². The van der Waals surface area contributed by atoms with Gasteiger partial charge in [-0.05, 0) is 17.7 Å². The molecule has 98 valence electrons. The Morgan fingerprint density at radius 3 is 2.94 bits per heavy atom. The first-order chi connectivity index (χ1) is 8.72. The molecule has 18 heavy (non-hydrogen) atoms. The van der Waals surface area contributed by atoms with Crippen molar-refractivity contribution in [2.45, 2.75) is 5.88 Å². The number of hydrogen-bond acceptors (Lipinski definition) is 2. The third kappa shape index (κ3) is 4.17. The number of benzene rings is 1. The Morgan fingerprint density at radius 2 is 2.33 bits per heavy atom. The van der Waals surface area contributed by atoms with Crippen molar-refractivity contribution in [3.63, 3.8) is 0 Å². The zero-order valence-corrected chi connectivity index (χ0v) is 11.3. The van der Waals surface area contributed by atoms with Crippen LogP contribution in [0.25, 0.3) is 0 Å². The van der Waals surface area contributed by atoms with Crippen LogP contribution in [0.15, 0.2) is 36.9 Å². The average Bonchev–Trinajstić information content (AvgIpc) is 2.42. The maximum absolute atomic E-state index is 12.3. The Kier molecular flexibility index (Phi) is 6.47. The van der Waals surface area contributed by atoms with Crippen LogP contribution in [0.2, 0.25) is 0 Å². The van der Waals surface area contributed by atoms with E-state index in [0.717, 1.165) is 5.56 Å². The lowest BCUT2D eigenvalue weighted by molar-refractivity contribution is 0.0718. The molecule has 0 spiro atoms. The van der Waals surface area contributed by atoms with Crippen molar-refractivity contribution in [2.75, 3.05) is 26.8 Å². The number of halogens is 1. The minimum atomic E-state index is -0.0288. The molecule has 0 N–H and O–H groups in total. The highest BCUT2D eigenvalue weighted by Gasteiger charge is 2.14. The fraction of sp³-hybridized carbons (Fsp3) is 0.357. The average molecular weight is 268 g/mol. The SMILES string of the molecule is C=CCN(CCOC)C(=O)c1cccc(CCl)c1. The molecular formula is C14H18ClNO2. The Labute approximate surface area is 113 Å². The first-order valence-electron chi connectivity index (χ1n) is 5.77. The van der Waals surface area contributed by atoms with Crippen molar-refractivity contribution < 1.29 is 9.53 Å². The summed E-state index contributed by atoms with van der Waals surface area (Å²) in [6.45, 7) is 5.23. The van der Waals surface area contributed by atoms with Gasteiger partial charge in [-0.15, -0.1) is 18.2 Å². The van der Waals surface area contributed by atoms with E-state index in [1.807, 2.05) is 18.2 Å². The van der Waals surface area contributed by atoms with Crippen LogP contribution in [0, 0.1) is 0 Å². The smallest absolute Gasteiger partial charge is 0.254 e. The van der Waals surface area contributed by atoms with Crippen molar-refractivity contribution in [3.8, 4) is 0 Å². The monoisotopic (exact) mass is 267 g/mol. The molecule has 0 atom stereocenters. The van der Waals surface area contributed by atoms with Crippen LogP contribution in [0.3, 0.4) is 0 Å². The largest absolute Gasteiger partial charge is 0.383 e. The van der Waals surface area contributed by atoms with E-state index in [0.29, 0.717) is 31.1 Å². The molecule has 0 aliphatic carbocycles. The van der Waals surface area contributed by atoms with E-state index in [-0.39, 0.29) is 5.91 Å². The molecule has 0 saturated heterocycles. The van der Waals surface area contributed by atoms with Crippen molar-refractivity contribution in [3.05, 3.63) is 48.0 Å². The summed E-state index contributed by atoms with van der Waals surface area (Å²) in [5, 5.41) is 0. The number of carbonyl (C=O) groups is 1. The Morgan fingerprint density at radius 1 is 1.56 bits per heavy atom.